The summed E-state index contributed by atoms with van der Waals surface area (Å²) in [5.74, 6) is -1.55. The van der Waals surface area contributed by atoms with Crippen LogP contribution in [0, 0.1) is 0 Å². The van der Waals surface area contributed by atoms with Crippen molar-refractivity contribution in [1.29, 1.82) is 0 Å². The molecule has 1 unspecified atom stereocenters. The van der Waals surface area contributed by atoms with E-state index in [4.69, 9.17) is 10.8 Å². The van der Waals surface area contributed by atoms with Crippen LogP contribution in [0.1, 0.15) is 19.8 Å². The highest BCUT2D eigenvalue weighted by atomic mass is 16.7. The molecule has 0 fully saturated rings. The highest BCUT2D eigenvalue weighted by Crippen LogP contribution is 1.92. The fourth-order valence-electron chi connectivity index (χ4n) is 0.602. The summed E-state index contributed by atoms with van der Waals surface area (Å²) in [5, 5.41) is 8.15. The normalized spacial score (nSPS) is 12.2. The number of aliphatic carboxylic acids is 1. The van der Waals surface area contributed by atoms with Crippen LogP contribution in [-0.2, 0) is 14.4 Å². The van der Waals surface area contributed by atoms with Crippen LogP contribution in [0.4, 0.5) is 0 Å². The molecule has 0 aromatic heterocycles. The van der Waals surface area contributed by atoms with E-state index in [1.165, 1.54) is 0 Å². The Kier molecular flexibility index (Phi) is 5.82. The van der Waals surface area contributed by atoms with Crippen LogP contribution in [0.3, 0.4) is 0 Å². The summed E-state index contributed by atoms with van der Waals surface area (Å²) >= 11 is 0. The van der Waals surface area contributed by atoms with Crippen LogP contribution in [0.15, 0.2) is 0 Å². The molecule has 0 spiro atoms. The first kappa shape index (κ1) is 11.9. The quantitative estimate of drug-likeness (QED) is 0.478. The maximum atomic E-state index is 10.9. The van der Waals surface area contributed by atoms with Gasteiger partial charge in [-0.3, -0.25) is 9.63 Å². The molecule has 0 radical (unpaired) electrons. The third-order valence-corrected chi connectivity index (χ3v) is 1.35. The Balaban J connectivity index is 3.46. The van der Waals surface area contributed by atoms with Crippen molar-refractivity contribution in [2.24, 2.45) is 5.73 Å². The lowest BCUT2D eigenvalue weighted by molar-refractivity contribution is -0.149. The van der Waals surface area contributed by atoms with Crippen molar-refractivity contribution in [2.75, 3.05) is 6.61 Å². The average molecular weight is 190 g/mol. The second-order valence-corrected chi connectivity index (χ2v) is 2.58. The zero-order valence-electron chi connectivity index (χ0n) is 7.45. The predicted molar refractivity (Wildman–Crippen MR) is 44.6 cm³/mol. The number of rotatable bonds is 6. The zero-order chi connectivity index (χ0) is 10.3. The van der Waals surface area contributed by atoms with Crippen molar-refractivity contribution in [3.8, 4) is 0 Å². The molecule has 6 nitrogen and oxygen atoms in total. The van der Waals surface area contributed by atoms with Gasteiger partial charge in [-0.2, -0.15) is 0 Å². The van der Waals surface area contributed by atoms with Gasteiger partial charge in [-0.1, -0.05) is 6.92 Å². The summed E-state index contributed by atoms with van der Waals surface area (Å²) in [4.78, 5) is 25.2. The molecule has 0 aromatic carbocycles. The molecule has 0 saturated heterocycles. The second-order valence-electron chi connectivity index (χ2n) is 2.58. The number of hydrogen-bond acceptors (Lipinski definition) is 4. The van der Waals surface area contributed by atoms with E-state index >= 15 is 0 Å². The van der Waals surface area contributed by atoms with E-state index in [-0.39, 0.29) is 12.5 Å². The summed E-state index contributed by atoms with van der Waals surface area (Å²) in [6.07, 6.45) is 0.822. The summed E-state index contributed by atoms with van der Waals surface area (Å²) in [5.41, 5.74) is 7.45. The Morgan fingerprint density at radius 2 is 2.23 bits per heavy atom. The Bertz CT molecular complexity index is 183. The Morgan fingerprint density at radius 3 is 2.69 bits per heavy atom. The van der Waals surface area contributed by atoms with Gasteiger partial charge < -0.3 is 10.8 Å². The van der Waals surface area contributed by atoms with Crippen LogP contribution in [0.25, 0.3) is 0 Å². The minimum atomic E-state index is -1.14. The third-order valence-electron chi connectivity index (χ3n) is 1.35. The van der Waals surface area contributed by atoms with Gasteiger partial charge in [0, 0.05) is 12.5 Å². The molecule has 0 aliphatic heterocycles. The van der Waals surface area contributed by atoms with Gasteiger partial charge in [-0.05, 0) is 6.42 Å². The summed E-state index contributed by atoms with van der Waals surface area (Å²) in [7, 11) is 0. The third kappa shape index (κ3) is 7.23. The van der Waals surface area contributed by atoms with E-state index in [0.717, 1.165) is 0 Å². The first-order valence-corrected chi connectivity index (χ1v) is 3.94. The molecule has 0 saturated carbocycles. The second kappa shape index (κ2) is 6.38. The molecule has 6 heteroatoms. The van der Waals surface area contributed by atoms with E-state index in [9.17, 15) is 9.59 Å². The summed E-state index contributed by atoms with van der Waals surface area (Å²) < 4.78 is 0. The Labute approximate surface area is 76.0 Å². The smallest absolute Gasteiger partial charge is 0.332 e. The van der Waals surface area contributed by atoms with E-state index in [0.29, 0.717) is 6.42 Å². The molecule has 1 amide bonds. The highest BCUT2D eigenvalue weighted by Gasteiger charge is 2.07. The van der Waals surface area contributed by atoms with E-state index in [1.54, 1.807) is 0 Å². The highest BCUT2D eigenvalue weighted by molar-refractivity contribution is 5.75. The lowest BCUT2D eigenvalue weighted by Crippen LogP contribution is -2.32. The zero-order valence-corrected chi connectivity index (χ0v) is 7.45. The van der Waals surface area contributed by atoms with Gasteiger partial charge in [0.15, 0.2) is 6.61 Å². The number of hydrogen-bond donors (Lipinski definition) is 3. The van der Waals surface area contributed by atoms with Gasteiger partial charge in [-0.25, -0.2) is 10.3 Å². The maximum Gasteiger partial charge on any atom is 0.332 e. The number of amides is 1. The lowest BCUT2D eigenvalue weighted by Gasteiger charge is -2.07. The number of carbonyl (C=O) groups excluding carboxylic acids is 1. The van der Waals surface area contributed by atoms with Crippen molar-refractivity contribution < 1.29 is 19.5 Å². The maximum absolute atomic E-state index is 10.9. The molecule has 13 heavy (non-hydrogen) atoms. The fourth-order valence-corrected chi connectivity index (χ4v) is 0.602. The number of hydroxylamine groups is 1. The van der Waals surface area contributed by atoms with Crippen molar-refractivity contribution >= 4 is 11.9 Å². The molecule has 0 aromatic rings. The number of nitrogens with one attached hydrogen (secondary N) is 1. The molecule has 0 bridgehead atoms. The molecule has 1 atom stereocenters. The first-order valence-electron chi connectivity index (χ1n) is 3.94. The van der Waals surface area contributed by atoms with E-state index < -0.39 is 18.5 Å². The van der Waals surface area contributed by atoms with Crippen LogP contribution in [-0.4, -0.2) is 29.6 Å². The SMILES string of the molecule is CCC(N)CC(=O)NOCC(=O)O. The molecule has 4 N–H and O–H groups in total. The van der Waals surface area contributed by atoms with Gasteiger partial charge in [-0.15, -0.1) is 0 Å². The molecular formula is C7H14N2O4. The van der Waals surface area contributed by atoms with Crippen LogP contribution < -0.4 is 11.2 Å². The van der Waals surface area contributed by atoms with Crippen molar-refractivity contribution in [3.05, 3.63) is 0 Å². The standard InChI is InChI=1S/C7H14N2O4/c1-2-5(8)3-6(10)9-13-4-7(11)12/h5H,2-4,8H2,1H3,(H,9,10)(H,11,12). The average Bonchev–Trinajstić information content (AvgIpc) is 2.03. The Hall–Kier alpha value is -1.14. The van der Waals surface area contributed by atoms with E-state index in [2.05, 4.69) is 4.84 Å². The Morgan fingerprint density at radius 1 is 1.62 bits per heavy atom. The predicted octanol–water partition coefficient (Wildman–Crippen LogP) is -0.754. The minimum absolute atomic E-state index is 0.135. The van der Waals surface area contributed by atoms with Crippen molar-refractivity contribution in [2.45, 2.75) is 25.8 Å². The van der Waals surface area contributed by atoms with Crippen molar-refractivity contribution in [3.63, 3.8) is 0 Å². The van der Waals surface area contributed by atoms with Crippen molar-refractivity contribution in [1.82, 2.24) is 5.48 Å². The number of carboxylic acid groups (broad SMARTS) is 1. The summed E-state index contributed by atoms with van der Waals surface area (Å²) in [6, 6.07) is -0.214. The number of carboxylic acids is 1. The number of carbonyl (C=O) groups is 2. The van der Waals surface area contributed by atoms with Gasteiger partial charge in [0.05, 0.1) is 0 Å². The van der Waals surface area contributed by atoms with Gasteiger partial charge >= 0.3 is 5.97 Å². The van der Waals surface area contributed by atoms with Gasteiger partial charge in [0.2, 0.25) is 5.91 Å². The monoisotopic (exact) mass is 190 g/mol. The largest absolute Gasteiger partial charge is 0.479 e. The van der Waals surface area contributed by atoms with Gasteiger partial charge in [0.25, 0.3) is 0 Å². The lowest BCUT2D eigenvalue weighted by atomic mass is 10.2. The molecule has 0 heterocycles. The topological polar surface area (TPSA) is 102 Å². The molecule has 0 rings (SSSR count). The minimum Gasteiger partial charge on any atom is -0.479 e. The fraction of sp³-hybridized carbons (Fsp3) is 0.714. The number of nitrogens with two attached hydrogens (primary N) is 1. The van der Waals surface area contributed by atoms with Crippen LogP contribution in [0.5, 0.6) is 0 Å². The van der Waals surface area contributed by atoms with Gasteiger partial charge in [0.1, 0.15) is 0 Å². The van der Waals surface area contributed by atoms with E-state index in [1.807, 2.05) is 12.4 Å². The van der Waals surface area contributed by atoms with Crippen LogP contribution in [0.2, 0.25) is 0 Å². The molecule has 0 aliphatic rings. The molecule has 0 aliphatic carbocycles. The van der Waals surface area contributed by atoms with Crippen LogP contribution >= 0.6 is 0 Å². The summed E-state index contributed by atoms with van der Waals surface area (Å²) in [6.45, 7) is 1.31. The molecular weight excluding hydrogens is 176 g/mol. The molecule has 76 valence electrons. The first-order chi connectivity index (χ1) is 6.06.